The van der Waals surface area contributed by atoms with Gasteiger partial charge in [-0.2, -0.15) is 0 Å². The fraction of sp³-hybridized carbons (Fsp3) is 0.345. The predicted octanol–water partition coefficient (Wildman–Crippen LogP) is 4.35. The van der Waals surface area contributed by atoms with E-state index >= 15 is 0 Å². The van der Waals surface area contributed by atoms with Crippen molar-refractivity contribution < 1.29 is 28.9 Å². The molecule has 0 unspecified atom stereocenters. The number of ketones is 1. The van der Waals surface area contributed by atoms with Crippen molar-refractivity contribution in [3.8, 4) is 17.2 Å². The molecule has 0 aliphatic carbocycles. The molecule has 1 atom stereocenters. The molecule has 1 N–H and O–H groups in total. The molecule has 9 nitrogen and oxygen atoms in total. The normalized spacial score (nSPS) is 18.1. The molecule has 198 valence electrons. The summed E-state index contributed by atoms with van der Waals surface area (Å²) < 4.78 is 19.1. The van der Waals surface area contributed by atoms with Gasteiger partial charge in [0.05, 0.1) is 24.5 Å². The summed E-state index contributed by atoms with van der Waals surface area (Å²) in [6.07, 6.45) is 7.79. The second kappa shape index (κ2) is 11.4. The Balaban J connectivity index is 1.52. The van der Waals surface area contributed by atoms with Crippen molar-refractivity contribution in [1.82, 2.24) is 14.5 Å². The molecule has 2 aliphatic rings. The number of carbonyl (C=O) groups is 2. The quantitative estimate of drug-likeness (QED) is 0.185. The van der Waals surface area contributed by atoms with Gasteiger partial charge < -0.3 is 28.8 Å². The minimum atomic E-state index is -0.763. The van der Waals surface area contributed by atoms with Gasteiger partial charge in [0.2, 0.25) is 0 Å². The number of aliphatic hydroxyl groups excluding tert-OH is 1. The molecule has 0 bridgehead atoms. The minimum Gasteiger partial charge on any atom is -0.507 e. The maximum absolute atomic E-state index is 13.4. The summed E-state index contributed by atoms with van der Waals surface area (Å²) in [6.45, 7) is 4.46. The maximum atomic E-state index is 13.4. The molecule has 5 rings (SSSR count). The number of nitrogens with zero attached hydrogens (tertiary/aromatic N) is 3. The van der Waals surface area contributed by atoms with Gasteiger partial charge in [0.15, 0.2) is 11.5 Å². The van der Waals surface area contributed by atoms with Crippen molar-refractivity contribution in [2.45, 2.75) is 38.8 Å². The molecule has 38 heavy (non-hydrogen) atoms. The third-order valence-electron chi connectivity index (χ3n) is 6.67. The number of imidazole rings is 1. The van der Waals surface area contributed by atoms with E-state index in [1.54, 1.807) is 30.7 Å². The number of amides is 1. The standard InChI is InChI=1S/C29H31N3O6/c1-2-3-14-36-22-7-4-6-20(17-22)26-25(27(33)21-8-9-23-24(18-21)38-16-15-37-23)28(34)29(35)32(26)12-5-11-31-13-10-30-19-31/h4,6-10,13,17-19,26,33H,2-3,5,11-12,14-16H2,1H3/b27-25+/t26-/m1/s1. The van der Waals surface area contributed by atoms with E-state index in [0.717, 1.165) is 12.8 Å². The van der Waals surface area contributed by atoms with Gasteiger partial charge in [-0.3, -0.25) is 9.59 Å². The van der Waals surface area contributed by atoms with Crippen LogP contribution in [0.4, 0.5) is 0 Å². The van der Waals surface area contributed by atoms with Crippen LogP contribution in [0.2, 0.25) is 0 Å². The van der Waals surface area contributed by atoms with Crippen LogP contribution in [0.15, 0.2) is 66.8 Å². The molecule has 9 heteroatoms. The van der Waals surface area contributed by atoms with Crippen LogP contribution >= 0.6 is 0 Å². The number of Topliss-reactive ketones (excluding diaryl/α,β-unsaturated/α-hetero) is 1. The van der Waals surface area contributed by atoms with E-state index in [4.69, 9.17) is 14.2 Å². The molecular weight excluding hydrogens is 486 g/mol. The number of carbonyl (C=O) groups excluding carboxylic acids is 2. The Morgan fingerprint density at radius 1 is 1.08 bits per heavy atom. The highest BCUT2D eigenvalue weighted by molar-refractivity contribution is 6.46. The van der Waals surface area contributed by atoms with Crippen LogP contribution in [0.5, 0.6) is 17.2 Å². The lowest BCUT2D eigenvalue weighted by atomic mass is 9.95. The number of aliphatic hydroxyl groups is 1. The van der Waals surface area contributed by atoms with E-state index < -0.39 is 17.7 Å². The molecular formula is C29H31N3O6. The summed E-state index contributed by atoms with van der Waals surface area (Å²) in [4.78, 5) is 32.3. The molecule has 1 aromatic heterocycles. The fourth-order valence-electron chi connectivity index (χ4n) is 4.75. The number of hydrogen-bond acceptors (Lipinski definition) is 7. The second-order valence-corrected chi connectivity index (χ2v) is 9.28. The summed E-state index contributed by atoms with van der Waals surface area (Å²) in [7, 11) is 0. The highest BCUT2D eigenvalue weighted by Crippen LogP contribution is 2.41. The number of fused-ring (bicyclic) bond motifs is 1. The van der Waals surface area contributed by atoms with Crippen LogP contribution in [0.3, 0.4) is 0 Å². The first-order valence-electron chi connectivity index (χ1n) is 12.9. The zero-order chi connectivity index (χ0) is 26.5. The molecule has 1 saturated heterocycles. The Morgan fingerprint density at radius 3 is 2.71 bits per heavy atom. The van der Waals surface area contributed by atoms with Crippen molar-refractivity contribution in [3.05, 3.63) is 77.9 Å². The summed E-state index contributed by atoms with van der Waals surface area (Å²) in [5.74, 6) is 0.0948. The van der Waals surface area contributed by atoms with Crippen molar-refractivity contribution in [3.63, 3.8) is 0 Å². The molecule has 1 amide bonds. The zero-order valence-corrected chi connectivity index (χ0v) is 21.3. The third kappa shape index (κ3) is 5.22. The van der Waals surface area contributed by atoms with E-state index in [2.05, 4.69) is 11.9 Å². The largest absolute Gasteiger partial charge is 0.507 e. The van der Waals surface area contributed by atoms with Crippen LogP contribution in [0, 0.1) is 0 Å². The Labute approximate surface area is 221 Å². The van der Waals surface area contributed by atoms with E-state index in [1.165, 1.54) is 4.90 Å². The summed E-state index contributed by atoms with van der Waals surface area (Å²) in [5.41, 5.74) is 1.12. The number of aromatic nitrogens is 2. The predicted molar refractivity (Wildman–Crippen MR) is 140 cm³/mol. The summed E-state index contributed by atoms with van der Waals surface area (Å²) in [5, 5.41) is 11.4. The van der Waals surface area contributed by atoms with E-state index in [9.17, 15) is 14.7 Å². The molecule has 2 aliphatic heterocycles. The second-order valence-electron chi connectivity index (χ2n) is 9.28. The summed E-state index contributed by atoms with van der Waals surface area (Å²) in [6, 6.07) is 11.6. The molecule has 1 fully saturated rings. The molecule has 0 spiro atoms. The number of hydrogen-bond donors (Lipinski definition) is 1. The molecule has 3 aromatic rings. The van der Waals surface area contributed by atoms with Crippen LogP contribution in [-0.4, -0.2) is 57.6 Å². The topological polar surface area (TPSA) is 103 Å². The van der Waals surface area contributed by atoms with E-state index in [0.29, 0.717) is 67.7 Å². The van der Waals surface area contributed by atoms with Crippen molar-refractivity contribution >= 4 is 17.4 Å². The van der Waals surface area contributed by atoms with Gasteiger partial charge >= 0.3 is 0 Å². The molecule has 2 aromatic carbocycles. The first kappa shape index (κ1) is 25.4. The van der Waals surface area contributed by atoms with Crippen LogP contribution < -0.4 is 14.2 Å². The van der Waals surface area contributed by atoms with Gasteiger partial charge in [0, 0.05) is 31.0 Å². The zero-order valence-electron chi connectivity index (χ0n) is 21.3. The first-order valence-corrected chi connectivity index (χ1v) is 12.9. The Hall–Kier alpha value is -4.27. The van der Waals surface area contributed by atoms with Crippen molar-refractivity contribution in [2.24, 2.45) is 0 Å². The van der Waals surface area contributed by atoms with Gasteiger partial charge in [-0.1, -0.05) is 25.5 Å². The average molecular weight is 518 g/mol. The lowest BCUT2D eigenvalue weighted by molar-refractivity contribution is -0.139. The smallest absolute Gasteiger partial charge is 0.295 e. The third-order valence-corrected chi connectivity index (χ3v) is 6.67. The SMILES string of the molecule is CCCCOc1cccc([C@@H]2/C(=C(\O)c3ccc4c(c3)OCCO4)C(=O)C(=O)N2CCCn2ccnc2)c1. The number of aryl methyl sites for hydroxylation is 1. The Morgan fingerprint density at radius 2 is 1.92 bits per heavy atom. The number of benzene rings is 2. The minimum absolute atomic E-state index is 0.0417. The van der Waals surface area contributed by atoms with Gasteiger partial charge in [0.1, 0.15) is 24.7 Å². The van der Waals surface area contributed by atoms with Crippen molar-refractivity contribution in [1.29, 1.82) is 0 Å². The van der Waals surface area contributed by atoms with Gasteiger partial charge in [-0.05, 0) is 48.7 Å². The Bertz CT molecular complexity index is 1330. The lowest BCUT2D eigenvalue weighted by Gasteiger charge is -2.26. The average Bonchev–Trinajstić information content (AvgIpc) is 3.55. The highest BCUT2D eigenvalue weighted by atomic mass is 16.6. The van der Waals surface area contributed by atoms with Crippen LogP contribution in [-0.2, 0) is 16.1 Å². The van der Waals surface area contributed by atoms with E-state index in [1.807, 2.05) is 35.0 Å². The van der Waals surface area contributed by atoms with Crippen LogP contribution in [0.25, 0.3) is 5.76 Å². The summed E-state index contributed by atoms with van der Waals surface area (Å²) >= 11 is 0. The van der Waals surface area contributed by atoms with E-state index in [-0.39, 0.29) is 11.3 Å². The fourth-order valence-corrected chi connectivity index (χ4v) is 4.75. The molecule has 0 saturated carbocycles. The molecule has 3 heterocycles. The van der Waals surface area contributed by atoms with Gasteiger partial charge in [0.25, 0.3) is 11.7 Å². The number of likely N-dealkylation sites (tertiary alicyclic amines) is 1. The highest BCUT2D eigenvalue weighted by Gasteiger charge is 2.46. The van der Waals surface area contributed by atoms with Crippen molar-refractivity contribution in [2.75, 3.05) is 26.4 Å². The monoisotopic (exact) mass is 517 g/mol. The number of ether oxygens (including phenoxy) is 3. The lowest BCUT2D eigenvalue weighted by Crippen LogP contribution is -2.31. The Kier molecular flexibility index (Phi) is 7.62. The van der Waals surface area contributed by atoms with Gasteiger partial charge in [-0.25, -0.2) is 4.98 Å². The maximum Gasteiger partial charge on any atom is 0.295 e. The number of unbranched alkanes of at least 4 members (excludes halogenated alkanes) is 1. The first-order chi connectivity index (χ1) is 18.6. The molecule has 0 radical (unpaired) electrons. The van der Waals surface area contributed by atoms with Crippen LogP contribution in [0.1, 0.15) is 43.4 Å². The number of rotatable bonds is 10. The van der Waals surface area contributed by atoms with Gasteiger partial charge in [-0.15, -0.1) is 0 Å².